The van der Waals surface area contributed by atoms with Gasteiger partial charge in [0, 0.05) is 17.7 Å². The number of phenols is 1. The lowest BCUT2D eigenvalue weighted by Gasteiger charge is -2.46. The molecule has 4 rings (SSSR count). The number of hydrogen-bond donors (Lipinski definition) is 3. The van der Waals surface area contributed by atoms with E-state index in [1.165, 1.54) is 24.3 Å². The number of nitrogens with zero attached hydrogens (tertiary/aromatic N) is 2. The van der Waals surface area contributed by atoms with Crippen LogP contribution in [0.25, 0.3) is 0 Å². The minimum atomic E-state index is -0.966. The van der Waals surface area contributed by atoms with E-state index in [0.29, 0.717) is 35.2 Å². The fourth-order valence-corrected chi connectivity index (χ4v) is 5.71. The second-order valence-electron chi connectivity index (χ2n) is 11.8. The van der Waals surface area contributed by atoms with Crippen molar-refractivity contribution < 1.29 is 33.1 Å². The zero-order valence-corrected chi connectivity index (χ0v) is 24.8. The number of esters is 1. The fraction of sp³-hybridized carbons (Fsp3) is 0.364. The monoisotopic (exact) mass is 591 g/mol. The summed E-state index contributed by atoms with van der Waals surface area (Å²) in [6.07, 6.45) is 1.39. The molecule has 3 aromatic rings. The van der Waals surface area contributed by atoms with Crippen molar-refractivity contribution in [2.24, 2.45) is 5.73 Å². The molecule has 1 aliphatic rings. The first kappa shape index (κ1) is 31.5. The molecule has 4 N–H and O–H groups in total. The maximum absolute atomic E-state index is 14.0. The molecular formula is C33H40FN4O5+. The number of amides is 3. The zero-order chi connectivity index (χ0) is 31.1. The number of rotatable bonds is 10. The number of primary amides is 1. The number of urea groups is 1. The molecule has 9 nitrogen and oxygen atoms in total. The summed E-state index contributed by atoms with van der Waals surface area (Å²) in [6.45, 7) is 5.59. The molecule has 0 spiro atoms. The Morgan fingerprint density at radius 2 is 1.65 bits per heavy atom. The number of carbonyl (C=O) groups excluding carboxylic acids is 3. The third-order valence-corrected chi connectivity index (χ3v) is 7.74. The van der Waals surface area contributed by atoms with E-state index in [-0.39, 0.29) is 30.1 Å². The number of carbonyl (C=O) groups is 3. The van der Waals surface area contributed by atoms with Crippen molar-refractivity contribution in [2.75, 3.05) is 25.5 Å². The summed E-state index contributed by atoms with van der Waals surface area (Å²) in [4.78, 5) is 40.8. The first-order valence-electron chi connectivity index (χ1n) is 14.5. The number of phenolic OH excluding ortho intramolecular Hbond substituents is 1. The van der Waals surface area contributed by atoms with Gasteiger partial charge in [0.25, 0.3) is 0 Å². The van der Waals surface area contributed by atoms with E-state index in [0.717, 1.165) is 24.1 Å². The van der Waals surface area contributed by atoms with Gasteiger partial charge in [-0.2, -0.15) is 0 Å². The van der Waals surface area contributed by atoms with Gasteiger partial charge in [-0.15, -0.1) is 0 Å². The lowest BCUT2D eigenvalue weighted by Crippen LogP contribution is -2.62. The molecule has 0 saturated carbocycles. The van der Waals surface area contributed by atoms with Crippen molar-refractivity contribution in [3.63, 3.8) is 0 Å². The molecule has 1 aliphatic heterocycles. The van der Waals surface area contributed by atoms with Crippen molar-refractivity contribution in [1.29, 1.82) is 0 Å². The molecule has 1 fully saturated rings. The van der Waals surface area contributed by atoms with Gasteiger partial charge >= 0.3 is 12.0 Å². The molecule has 228 valence electrons. The van der Waals surface area contributed by atoms with E-state index in [9.17, 15) is 23.9 Å². The van der Waals surface area contributed by atoms with Crippen LogP contribution in [0.4, 0.5) is 14.9 Å². The number of benzene rings is 3. The molecule has 0 radical (unpaired) electrons. The highest BCUT2D eigenvalue weighted by Crippen LogP contribution is 2.27. The van der Waals surface area contributed by atoms with Gasteiger partial charge in [0.15, 0.2) is 0 Å². The van der Waals surface area contributed by atoms with Crippen LogP contribution in [0.2, 0.25) is 0 Å². The van der Waals surface area contributed by atoms with Gasteiger partial charge in [-0.1, -0.05) is 24.3 Å². The highest BCUT2D eigenvalue weighted by atomic mass is 19.1. The molecule has 43 heavy (non-hydrogen) atoms. The maximum Gasteiger partial charge on any atom is 0.338 e. The molecule has 0 bridgehead atoms. The summed E-state index contributed by atoms with van der Waals surface area (Å²) in [5.41, 5.74) is 8.47. The summed E-state index contributed by atoms with van der Waals surface area (Å²) in [5, 5.41) is 12.6. The van der Waals surface area contributed by atoms with Crippen molar-refractivity contribution >= 4 is 23.6 Å². The molecule has 3 atom stereocenters. The summed E-state index contributed by atoms with van der Waals surface area (Å²) in [6, 6.07) is 17.5. The Labute approximate surface area is 251 Å². The average molecular weight is 592 g/mol. The van der Waals surface area contributed by atoms with Crippen molar-refractivity contribution in [2.45, 2.75) is 57.8 Å². The maximum atomic E-state index is 14.0. The number of likely N-dealkylation sites (N-methyl/N-ethyl adjacent to an activating group) is 1. The quantitative estimate of drug-likeness (QED) is 0.230. The van der Waals surface area contributed by atoms with Crippen LogP contribution >= 0.6 is 0 Å². The third kappa shape index (κ3) is 8.54. The second-order valence-corrected chi connectivity index (χ2v) is 11.8. The van der Waals surface area contributed by atoms with E-state index < -0.39 is 23.9 Å². The summed E-state index contributed by atoms with van der Waals surface area (Å²) in [5.74, 6) is -1.31. The summed E-state index contributed by atoms with van der Waals surface area (Å²) >= 11 is 0. The van der Waals surface area contributed by atoms with Crippen LogP contribution in [0.1, 0.15) is 48.2 Å². The largest absolute Gasteiger partial charge is 0.508 e. The zero-order valence-electron chi connectivity index (χ0n) is 24.8. The molecule has 1 heterocycles. The van der Waals surface area contributed by atoms with Crippen LogP contribution in [0.5, 0.6) is 5.75 Å². The van der Waals surface area contributed by atoms with Crippen molar-refractivity contribution in [1.82, 2.24) is 4.90 Å². The average Bonchev–Trinajstić information content (AvgIpc) is 2.95. The van der Waals surface area contributed by atoms with Crippen molar-refractivity contribution in [3.05, 3.63) is 95.3 Å². The van der Waals surface area contributed by atoms with E-state index in [1.54, 1.807) is 67.3 Å². The molecule has 3 amide bonds. The number of nitrogens with one attached hydrogen (secondary N) is 1. The van der Waals surface area contributed by atoms with Gasteiger partial charge < -0.3 is 30.3 Å². The van der Waals surface area contributed by atoms with Gasteiger partial charge in [0.1, 0.15) is 24.2 Å². The molecule has 1 unspecified atom stereocenters. The molecule has 1 saturated heterocycles. The Morgan fingerprint density at radius 3 is 2.26 bits per heavy atom. The minimum Gasteiger partial charge on any atom is -0.508 e. The fourth-order valence-electron chi connectivity index (χ4n) is 5.71. The Kier molecular flexibility index (Phi) is 10.0. The normalized spacial score (nSPS) is 19.0. The number of ether oxygens (including phenoxy) is 1. The standard InChI is InChI=1S/C33H39FN4O5/c1-22(2)43-32(41)25-10-14-27(15-11-25)36-33(42)37(30(31(35)40)19-23-8-16-29(39)17-9-23)28-5-4-18-38(3,21-28)20-24-6-12-26(34)13-7-24/h6-17,22,28,30H,4-5,18-21H2,1-3H3,(H3-,35,36,39,40,41,42)/p+1/t28-,30+,38?/m1/s1. The number of likely N-dealkylation sites (tertiary alicyclic amines) is 1. The highest BCUT2D eigenvalue weighted by Gasteiger charge is 2.41. The molecule has 0 aromatic heterocycles. The Hall–Kier alpha value is -4.44. The van der Waals surface area contributed by atoms with E-state index in [2.05, 4.69) is 12.4 Å². The number of nitrogens with two attached hydrogens (primary N) is 1. The van der Waals surface area contributed by atoms with Gasteiger partial charge in [0.05, 0.1) is 37.8 Å². The van der Waals surface area contributed by atoms with Crippen LogP contribution in [-0.2, 0) is 22.5 Å². The van der Waals surface area contributed by atoms with E-state index in [1.807, 2.05) is 0 Å². The van der Waals surface area contributed by atoms with Crippen LogP contribution in [-0.4, -0.2) is 70.7 Å². The van der Waals surface area contributed by atoms with Crippen LogP contribution in [0.3, 0.4) is 0 Å². The Morgan fingerprint density at radius 1 is 1.02 bits per heavy atom. The first-order chi connectivity index (χ1) is 20.4. The van der Waals surface area contributed by atoms with Crippen LogP contribution < -0.4 is 11.1 Å². The van der Waals surface area contributed by atoms with Gasteiger partial charge in [0.2, 0.25) is 5.91 Å². The number of halogens is 1. The van der Waals surface area contributed by atoms with E-state index >= 15 is 0 Å². The molecule has 0 aliphatic carbocycles. The SMILES string of the molecule is CC(C)OC(=O)c1ccc(NC(=O)N([C@@H]2CCC[N+](C)(Cc3ccc(F)cc3)C2)[C@@H](Cc2ccc(O)cc2)C(N)=O)cc1. The topological polar surface area (TPSA) is 122 Å². The minimum absolute atomic E-state index is 0.0934. The van der Waals surface area contributed by atoms with Crippen LogP contribution in [0.15, 0.2) is 72.8 Å². The third-order valence-electron chi connectivity index (χ3n) is 7.74. The predicted molar refractivity (Wildman–Crippen MR) is 162 cm³/mol. The van der Waals surface area contributed by atoms with Gasteiger partial charge in [-0.3, -0.25) is 4.79 Å². The number of anilines is 1. The van der Waals surface area contributed by atoms with Crippen molar-refractivity contribution in [3.8, 4) is 5.75 Å². The predicted octanol–water partition coefficient (Wildman–Crippen LogP) is 4.84. The van der Waals surface area contributed by atoms with Crippen LogP contribution in [0, 0.1) is 5.82 Å². The smallest absolute Gasteiger partial charge is 0.338 e. The molecule has 10 heteroatoms. The number of quaternary nitrogens is 1. The Bertz CT molecular complexity index is 1410. The second kappa shape index (κ2) is 13.7. The Balaban J connectivity index is 1.61. The lowest BCUT2D eigenvalue weighted by molar-refractivity contribution is -0.928. The summed E-state index contributed by atoms with van der Waals surface area (Å²) in [7, 11) is 2.10. The van der Waals surface area contributed by atoms with E-state index in [4.69, 9.17) is 10.5 Å². The molecular weight excluding hydrogens is 551 g/mol. The van der Waals surface area contributed by atoms with Gasteiger partial charge in [-0.05, 0) is 80.8 Å². The van der Waals surface area contributed by atoms with Gasteiger partial charge in [-0.25, -0.2) is 14.0 Å². The highest BCUT2D eigenvalue weighted by molar-refractivity contribution is 5.95. The number of hydrogen-bond acceptors (Lipinski definition) is 5. The number of piperidine rings is 1. The first-order valence-corrected chi connectivity index (χ1v) is 14.5. The molecule has 3 aromatic carbocycles. The summed E-state index contributed by atoms with van der Waals surface area (Å²) < 4.78 is 19.4. The number of aromatic hydroxyl groups is 1. The lowest BCUT2D eigenvalue weighted by atomic mass is 9.96.